The Balaban J connectivity index is 0.000000646. The van der Waals surface area contributed by atoms with Gasteiger partial charge in [0.2, 0.25) is 0 Å². The molecule has 2 aliphatic rings. The minimum absolute atomic E-state index is 0.0185. The molecule has 0 saturated carbocycles. The van der Waals surface area contributed by atoms with Crippen molar-refractivity contribution < 1.29 is 9.53 Å². The first-order chi connectivity index (χ1) is 15.4. The van der Waals surface area contributed by atoms with Crippen molar-refractivity contribution >= 4 is 5.78 Å². The molecule has 3 rings (SSSR count). The first kappa shape index (κ1) is 27.6. The van der Waals surface area contributed by atoms with Gasteiger partial charge in [-0.25, -0.2) is 0 Å². The average Bonchev–Trinajstić information content (AvgIpc) is 2.81. The molecule has 1 aliphatic heterocycles. The zero-order valence-corrected chi connectivity index (χ0v) is 20.8. The molecule has 1 aromatic carbocycles. The molecule has 0 saturated heterocycles. The standard InChI is InChI=1S/C22H30N2O.C4H6O.C2H6/c1-4-16-5-7-21(23)20(13-16)18-9-10-24-19(14-18)12-17-6-8-22(25-3)15(2)11-17;1-3-4(2)5;1-2/h5-8,11,13-14,19-21,24H,4,9-10,12,23H2,1-3H3;3H,1H2,2H3;1-2H3. The van der Waals surface area contributed by atoms with Crippen molar-refractivity contribution in [1.29, 1.82) is 0 Å². The number of benzene rings is 1. The fourth-order valence-electron chi connectivity index (χ4n) is 3.87. The topological polar surface area (TPSA) is 64.3 Å². The Hall–Kier alpha value is -2.43. The van der Waals surface area contributed by atoms with Gasteiger partial charge in [0.1, 0.15) is 5.75 Å². The van der Waals surface area contributed by atoms with E-state index in [-0.39, 0.29) is 11.8 Å². The lowest BCUT2D eigenvalue weighted by Gasteiger charge is -2.31. The molecular weight excluding hydrogens is 396 g/mol. The van der Waals surface area contributed by atoms with Gasteiger partial charge in [-0.2, -0.15) is 0 Å². The number of hydrogen-bond acceptors (Lipinski definition) is 4. The number of nitrogens with two attached hydrogens (primary N) is 1. The monoisotopic (exact) mass is 438 g/mol. The van der Waals surface area contributed by atoms with E-state index in [1.807, 2.05) is 13.8 Å². The maximum atomic E-state index is 9.69. The van der Waals surface area contributed by atoms with Crippen LogP contribution >= 0.6 is 0 Å². The Kier molecular flexibility index (Phi) is 12.6. The molecule has 0 fully saturated rings. The number of aryl methyl sites for hydroxylation is 1. The molecule has 1 aliphatic carbocycles. The van der Waals surface area contributed by atoms with Crippen LogP contribution in [0.25, 0.3) is 0 Å². The summed E-state index contributed by atoms with van der Waals surface area (Å²) in [5.41, 5.74) is 11.8. The summed E-state index contributed by atoms with van der Waals surface area (Å²) < 4.78 is 5.36. The van der Waals surface area contributed by atoms with Crippen LogP contribution < -0.4 is 15.8 Å². The summed E-state index contributed by atoms with van der Waals surface area (Å²) in [6.07, 6.45) is 13.6. The fraction of sp³-hybridized carbons (Fsp3) is 0.464. The quantitative estimate of drug-likeness (QED) is 0.456. The predicted octanol–water partition coefficient (Wildman–Crippen LogP) is 5.47. The summed E-state index contributed by atoms with van der Waals surface area (Å²) in [6.45, 7) is 14.0. The van der Waals surface area contributed by atoms with Crippen LogP contribution in [0.4, 0.5) is 0 Å². The van der Waals surface area contributed by atoms with Gasteiger partial charge < -0.3 is 15.8 Å². The molecule has 3 atom stereocenters. The van der Waals surface area contributed by atoms with E-state index < -0.39 is 0 Å². The number of ketones is 1. The number of carbonyl (C=O) groups excluding carboxylic acids is 1. The Morgan fingerprint density at radius 1 is 1.31 bits per heavy atom. The first-order valence-corrected chi connectivity index (χ1v) is 11.7. The Labute approximate surface area is 195 Å². The van der Waals surface area contributed by atoms with Gasteiger partial charge in [0.05, 0.1) is 7.11 Å². The summed E-state index contributed by atoms with van der Waals surface area (Å²) >= 11 is 0. The van der Waals surface area contributed by atoms with E-state index in [2.05, 4.69) is 68.2 Å². The number of allylic oxidation sites excluding steroid dienone is 3. The molecule has 32 heavy (non-hydrogen) atoms. The zero-order valence-electron chi connectivity index (χ0n) is 20.8. The molecule has 0 spiro atoms. The van der Waals surface area contributed by atoms with Crippen molar-refractivity contribution in [3.63, 3.8) is 0 Å². The van der Waals surface area contributed by atoms with E-state index in [4.69, 9.17) is 10.5 Å². The smallest absolute Gasteiger partial charge is 0.152 e. The van der Waals surface area contributed by atoms with Gasteiger partial charge in [0.25, 0.3) is 0 Å². The molecule has 1 heterocycles. The van der Waals surface area contributed by atoms with Crippen LogP contribution in [0.1, 0.15) is 51.7 Å². The van der Waals surface area contributed by atoms with Crippen molar-refractivity contribution in [2.45, 2.75) is 66.0 Å². The number of carbonyl (C=O) groups is 1. The van der Waals surface area contributed by atoms with E-state index in [1.165, 1.54) is 35.3 Å². The van der Waals surface area contributed by atoms with Crippen LogP contribution in [0.5, 0.6) is 5.75 Å². The highest BCUT2D eigenvalue weighted by Gasteiger charge is 2.24. The predicted molar refractivity (Wildman–Crippen MR) is 137 cm³/mol. The number of hydrogen-bond donors (Lipinski definition) is 2. The normalized spacial score (nSPS) is 21.7. The number of rotatable bonds is 6. The second-order valence-electron chi connectivity index (χ2n) is 7.93. The van der Waals surface area contributed by atoms with E-state index in [0.717, 1.165) is 31.6 Å². The maximum Gasteiger partial charge on any atom is 0.152 e. The van der Waals surface area contributed by atoms with Crippen molar-refractivity contribution in [3.8, 4) is 5.75 Å². The Bertz CT molecular complexity index is 836. The third kappa shape index (κ3) is 8.60. The van der Waals surface area contributed by atoms with Crippen LogP contribution in [-0.2, 0) is 11.2 Å². The molecule has 0 aromatic heterocycles. The van der Waals surface area contributed by atoms with E-state index in [1.54, 1.807) is 7.11 Å². The van der Waals surface area contributed by atoms with E-state index >= 15 is 0 Å². The highest BCUT2D eigenvalue weighted by molar-refractivity contribution is 5.86. The van der Waals surface area contributed by atoms with Gasteiger partial charge in [-0.3, -0.25) is 4.79 Å². The highest BCUT2D eigenvalue weighted by atomic mass is 16.5. The third-order valence-corrected chi connectivity index (χ3v) is 5.62. The Morgan fingerprint density at radius 2 is 2.00 bits per heavy atom. The highest BCUT2D eigenvalue weighted by Crippen LogP contribution is 2.29. The molecule has 0 radical (unpaired) electrons. The van der Waals surface area contributed by atoms with Crippen LogP contribution in [0.15, 0.2) is 66.3 Å². The van der Waals surface area contributed by atoms with Crippen molar-refractivity contribution in [2.75, 3.05) is 13.7 Å². The van der Waals surface area contributed by atoms with Crippen molar-refractivity contribution in [1.82, 2.24) is 5.32 Å². The zero-order chi connectivity index (χ0) is 24.1. The van der Waals surface area contributed by atoms with Gasteiger partial charge in [-0.05, 0) is 62.9 Å². The molecule has 0 bridgehead atoms. The fourth-order valence-corrected chi connectivity index (χ4v) is 3.87. The summed E-state index contributed by atoms with van der Waals surface area (Å²) in [6, 6.07) is 6.93. The molecule has 1 aromatic rings. The Morgan fingerprint density at radius 3 is 2.56 bits per heavy atom. The molecule has 0 amide bonds. The van der Waals surface area contributed by atoms with Crippen molar-refractivity contribution in [3.05, 3.63) is 77.4 Å². The summed E-state index contributed by atoms with van der Waals surface area (Å²) in [5.74, 6) is 1.32. The minimum Gasteiger partial charge on any atom is -0.496 e. The summed E-state index contributed by atoms with van der Waals surface area (Å²) in [7, 11) is 1.72. The van der Waals surface area contributed by atoms with Gasteiger partial charge in [-0.1, -0.05) is 74.9 Å². The number of ether oxygens (including phenoxy) is 1. The summed E-state index contributed by atoms with van der Waals surface area (Å²) in [5, 5.41) is 3.64. The first-order valence-electron chi connectivity index (χ1n) is 11.7. The molecule has 176 valence electrons. The largest absolute Gasteiger partial charge is 0.496 e. The molecule has 4 nitrogen and oxygen atoms in total. The van der Waals surface area contributed by atoms with Crippen LogP contribution in [-0.4, -0.2) is 31.5 Å². The minimum atomic E-state index is 0.0185. The second-order valence-corrected chi connectivity index (χ2v) is 7.93. The molecule has 4 heteroatoms. The van der Waals surface area contributed by atoms with Gasteiger partial charge in [-0.15, -0.1) is 0 Å². The van der Waals surface area contributed by atoms with Gasteiger partial charge >= 0.3 is 0 Å². The lowest BCUT2D eigenvalue weighted by molar-refractivity contribution is -0.112. The summed E-state index contributed by atoms with van der Waals surface area (Å²) in [4.78, 5) is 9.69. The van der Waals surface area contributed by atoms with Gasteiger partial charge in [0, 0.05) is 18.0 Å². The van der Waals surface area contributed by atoms with Crippen LogP contribution in [0, 0.1) is 12.8 Å². The van der Waals surface area contributed by atoms with E-state index in [9.17, 15) is 4.79 Å². The SMILES string of the molecule is C=CC(C)=O.CC.CCC1=CC(C2=CC(Cc3ccc(OC)c(C)c3)NCC2)C(N)C=C1. The van der Waals surface area contributed by atoms with Crippen molar-refractivity contribution in [2.24, 2.45) is 11.7 Å². The molecule has 3 N–H and O–H groups in total. The van der Waals surface area contributed by atoms with Crippen LogP contribution in [0.3, 0.4) is 0 Å². The second kappa shape index (κ2) is 14.6. The van der Waals surface area contributed by atoms with E-state index in [0.29, 0.717) is 12.0 Å². The maximum absolute atomic E-state index is 9.69. The molecule has 3 unspecified atom stereocenters. The lowest BCUT2D eigenvalue weighted by atomic mass is 9.81. The van der Waals surface area contributed by atoms with Gasteiger partial charge in [0.15, 0.2) is 5.78 Å². The number of nitrogens with one attached hydrogen (secondary N) is 1. The van der Waals surface area contributed by atoms with Crippen LogP contribution in [0.2, 0.25) is 0 Å². The molecular formula is C28H42N2O2. The third-order valence-electron chi connectivity index (χ3n) is 5.62. The average molecular weight is 439 g/mol. The lowest BCUT2D eigenvalue weighted by Crippen LogP contribution is -2.38. The number of methoxy groups -OCH3 is 1.